The smallest absolute Gasteiger partial charge is 0.245 e. The molecule has 10 heteroatoms. The molecule has 1 aliphatic heterocycles. The predicted octanol–water partition coefficient (Wildman–Crippen LogP) is 2.90. The van der Waals surface area contributed by atoms with Crippen LogP contribution in [0.2, 0.25) is 0 Å². The molecule has 4 aromatic rings. The van der Waals surface area contributed by atoms with Crippen LogP contribution in [0.25, 0.3) is 11.2 Å². The van der Waals surface area contributed by atoms with E-state index in [0.29, 0.717) is 23.3 Å². The highest BCUT2D eigenvalue weighted by Crippen LogP contribution is 2.26. The van der Waals surface area contributed by atoms with Gasteiger partial charge in [0.15, 0.2) is 5.82 Å². The lowest BCUT2D eigenvalue weighted by molar-refractivity contribution is 0.265. The molecule has 1 atom stereocenters. The minimum absolute atomic E-state index is 0.00653. The molecule has 4 heterocycles. The summed E-state index contributed by atoms with van der Waals surface area (Å²) in [7, 11) is 0. The highest BCUT2D eigenvalue weighted by atomic mass is 19.1. The fourth-order valence-electron chi connectivity index (χ4n) is 3.76. The van der Waals surface area contributed by atoms with Crippen molar-refractivity contribution < 1.29 is 13.9 Å². The molecule has 154 valence electrons. The van der Waals surface area contributed by atoms with E-state index in [4.69, 9.17) is 0 Å². The molecular formula is C20H19F2N7O. The van der Waals surface area contributed by atoms with Gasteiger partial charge in [0.1, 0.15) is 29.3 Å². The van der Waals surface area contributed by atoms with Crippen molar-refractivity contribution in [3.8, 4) is 5.69 Å². The summed E-state index contributed by atoms with van der Waals surface area (Å²) in [5.74, 6) is 0.210. The third-order valence-electron chi connectivity index (χ3n) is 5.20. The van der Waals surface area contributed by atoms with Crippen LogP contribution in [0.3, 0.4) is 0 Å². The van der Waals surface area contributed by atoms with Crippen LogP contribution in [0, 0.1) is 11.6 Å². The first-order valence-corrected chi connectivity index (χ1v) is 9.61. The molecule has 0 unspecified atom stereocenters. The Balaban J connectivity index is 1.48. The van der Waals surface area contributed by atoms with Gasteiger partial charge < -0.3 is 19.9 Å². The number of rotatable bonds is 5. The van der Waals surface area contributed by atoms with Crippen LogP contribution >= 0.6 is 0 Å². The number of nitrogens with one attached hydrogen (secondary N) is 1. The Morgan fingerprint density at radius 1 is 1.20 bits per heavy atom. The second kappa shape index (κ2) is 7.38. The summed E-state index contributed by atoms with van der Waals surface area (Å²) in [5, 5.41) is 17.4. The van der Waals surface area contributed by atoms with Crippen molar-refractivity contribution in [3.05, 3.63) is 60.7 Å². The maximum atomic E-state index is 13.5. The number of nitrogens with zero attached hydrogens (tertiary/aromatic N) is 6. The van der Waals surface area contributed by atoms with E-state index in [1.807, 2.05) is 23.2 Å². The monoisotopic (exact) mass is 411 g/mol. The molecule has 0 spiro atoms. The number of aliphatic hydroxyl groups is 1. The van der Waals surface area contributed by atoms with Gasteiger partial charge in [-0.15, -0.1) is 5.10 Å². The van der Waals surface area contributed by atoms with Gasteiger partial charge in [0.2, 0.25) is 5.95 Å². The first-order chi connectivity index (χ1) is 14.6. The van der Waals surface area contributed by atoms with Crippen molar-refractivity contribution in [2.75, 3.05) is 23.4 Å². The Morgan fingerprint density at radius 2 is 2.03 bits per heavy atom. The van der Waals surface area contributed by atoms with Gasteiger partial charge in [-0.1, -0.05) is 0 Å². The maximum absolute atomic E-state index is 13.5. The van der Waals surface area contributed by atoms with Crippen LogP contribution < -0.4 is 10.2 Å². The normalized spacial score (nSPS) is 16.5. The van der Waals surface area contributed by atoms with Crippen LogP contribution in [0.15, 0.2) is 49.1 Å². The van der Waals surface area contributed by atoms with Crippen molar-refractivity contribution in [2.45, 2.75) is 18.9 Å². The van der Waals surface area contributed by atoms with Crippen LogP contribution in [0.4, 0.5) is 26.4 Å². The molecule has 1 aliphatic rings. The molecule has 0 aliphatic carbocycles. The van der Waals surface area contributed by atoms with Gasteiger partial charge in [0.25, 0.3) is 0 Å². The summed E-state index contributed by atoms with van der Waals surface area (Å²) < 4.78 is 30.3. The largest absolute Gasteiger partial charge is 0.394 e. The van der Waals surface area contributed by atoms with Gasteiger partial charge in [-0.25, -0.2) is 18.3 Å². The molecule has 5 rings (SSSR count). The first kappa shape index (κ1) is 18.5. The maximum Gasteiger partial charge on any atom is 0.245 e. The van der Waals surface area contributed by atoms with Crippen molar-refractivity contribution >= 4 is 23.1 Å². The van der Waals surface area contributed by atoms with Gasteiger partial charge in [0.05, 0.1) is 24.5 Å². The SMILES string of the molecule is OC[C@@H]1CCCN1c1nc(Nc2cn(-c3cc(F)cc(F)c3)cn2)c2cccn2n1. The Bertz CT molecular complexity index is 1180. The average Bonchev–Trinajstić information content (AvgIpc) is 3.47. The van der Waals surface area contributed by atoms with Gasteiger partial charge in [0, 0.05) is 18.8 Å². The molecule has 1 saturated heterocycles. The molecule has 8 nitrogen and oxygen atoms in total. The van der Waals surface area contributed by atoms with Gasteiger partial charge >= 0.3 is 0 Å². The van der Waals surface area contributed by atoms with E-state index in [0.717, 1.165) is 31.0 Å². The fraction of sp³-hybridized carbons (Fsp3) is 0.250. The lowest BCUT2D eigenvalue weighted by atomic mass is 10.2. The third kappa shape index (κ3) is 3.35. The second-order valence-electron chi connectivity index (χ2n) is 7.19. The van der Waals surface area contributed by atoms with Crippen molar-refractivity contribution in [3.63, 3.8) is 0 Å². The topological polar surface area (TPSA) is 83.5 Å². The molecular weight excluding hydrogens is 392 g/mol. The van der Waals surface area contributed by atoms with E-state index in [2.05, 4.69) is 20.4 Å². The van der Waals surface area contributed by atoms with E-state index in [9.17, 15) is 13.9 Å². The number of imidazole rings is 1. The summed E-state index contributed by atoms with van der Waals surface area (Å²) in [6, 6.07) is 7.01. The molecule has 3 aromatic heterocycles. The number of hydrogen-bond acceptors (Lipinski definition) is 6. The third-order valence-corrected chi connectivity index (χ3v) is 5.20. The first-order valence-electron chi connectivity index (χ1n) is 9.61. The van der Waals surface area contributed by atoms with Gasteiger partial charge in [-0.05, 0) is 37.1 Å². The van der Waals surface area contributed by atoms with E-state index in [1.165, 1.54) is 23.0 Å². The molecule has 1 fully saturated rings. The van der Waals surface area contributed by atoms with Gasteiger partial charge in [-0.2, -0.15) is 4.98 Å². The zero-order valence-electron chi connectivity index (χ0n) is 15.9. The lowest BCUT2D eigenvalue weighted by Crippen LogP contribution is -2.34. The fourth-order valence-corrected chi connectivity index (χ4v) is 3.76. The van der Waals surface area contributed by atoms with Crippen LogP contribution in [0.1, 0.15) is 12.8 Å². The molecule has 30 heavy (non-hydrogen) atoms. The molecule has 1 aromatic carbocycles. The van der Waals surface area contributed by atoms with Crippen molar-refractivity contribution in [2.24, 2.45) is 0 Å². The zero-order chi connectivity index (χ0) is 20.7. The Morgan fingerprint density at radius 3 is 2.83 bits per heavy atom. The summed E-state index contributed by atoms with van der Waals surface area (Å²) in [4.78, 5) is 10.9. The van der Waals surface area contributed by atoms with Crippen molar-refractivity contribution in [1.82, 2.24) is 24.1 Å². The van der Waals surface area contributed by atoms with Crippen LogP contribution in [0.5, 0.6) is 0 Å². The minimum atomic E-state index is -0.660. The number of halogens is 2. The highest BCUT2D eigenvalue weighted by molar-refractivity contribution is 5.73. The van der Waals surface area contributed by atoms with E-state index in [-0.39, 0.29) is 12.6 Å². The molecule has 0 radical (unpaired) electrons. The van der Waals surface area contributed by atoms with Crippen LogP contribution in [-0.2, 0) is 0 Å². The van der Waals surface area contributed by atoms with E-state index in [1.54, 1.807) is 10.7 Å². The molecule has 0 saturated carbocycles. The number of hydrogen-bond donors (Lipinski definition) is 2. The van der Waals surface area contributed by atoms with E-state index < -0.39 is 11.6 Å². The summed E-state index contributed by atoms with van der Waals surface area (Å²) >= 11 is 0. The number of benzene rings is 1. The number of aliphatic hydroxyl groups excluding tert-OH is 1. The number of anilines is 3. The second-order valence-corrected chi connectivity index (χ2v) is 7.19. The Kier molecular flexibility index (Phi) is 4.55. The summed E-state index contributed by atoms with van der Waals surface area (Å²) in [6.45, 7) is 0.821. The highest BCUT2D eigenvalue weighted by Gasteiger charge is 2.27. The molecule has 0 bridgehead atoms. The Labute approximate surface area is 170 Å². The molecule has 0 amide bonds. The molecule has 2 N–H and O–H groups in total. The predicted molar refractivity (Wildman–Crippen MR) is 107 cm³/mol. The summed E-state index contributed by atoms with van der Waals surface area (Å²) in [5.41, 5.74) is 1.08. The quantitative estimate of drug-likeness (QED) is 0.526. The van der Waals surface area contributed by atoms with Crippen molar-refractivity contribution in [1.29, 1.82) is 0 Å². The zero-order valence-corrected chi connectivity index (χ0v) is 15.9. The number of aromatic nitrogens is 5. The average molecular weight is 411 g/mol. The van der Waals surface area contributed by atoms with E-state index >= 15 is 0 Å². The minimum Gasteiger partial charge on any atom is -0.394 e. The number of fused-ring (bicyclic) bond motifs is 1. The Hall–Kier alpha value is -3.53. The lowest BCUT2D eigenvalue weighted by Gasteiger charge is -2.23. The van der Waals surface area contributed by atoms with Crippen LogP contribution in [-0.4, -0.2) is 48.4 Å². The standard InChI is InChI=1S/C20H19F2N7O/c21-13-7-14(22)9-16(8-13)27-10-18(23-12-27)24-19-17-4-2-6-29(17)26-20(25-19)28-5-1-3-15(28)11-30/h2,4,6-10,12,15,30H,1,3,5,11H2,(H,24,25,26)/t15-/m0/s1. The van der Waals surface area contributed by atoms with Gasteiger partial charge in [-0.3, -0.25) is 0 Å². The summed E-state index contributed by atoms with van der Waals surface area (Å²) in [6.07, 6.45) is 6.78.